The van der Waals surface area contributed by atoms with E-state index in [9.17, 15) is 24.9 Å². The van der Waals surface area contributed by atoms with E-state index in [4.69, 9.17) is 14.2 Å². The number of rotatable bonds is 11. The van der Waals surface area contributed by atoms with E-state index in [1.54, 1.807) is 54.4 Å². The molecule has 2 aromatic carbocycles. The van der Waals surface area contributed by atoms with Crippen LogP contribution in [0.15, 0.2) is 96.9 Å². The van der Waals surface area contributed by atoms with Crippen molar-refractivity contribution in [2.75, 3.05) is 14.1 Å². The fourth-order valence-corrected chi connectivity index (χ4v) is 8.65. The molecule has 4 heterocycles. The van der Waals surface area contributed by atoms with E-state index in [-0.39, 0.29) is 18.1 Å². The number of aliphatic hydroxyl groups excluding tert-OH is 3. The lowest BCUT2D eigenvalue weighted by atomic mass is 9.79. The Labute approximate surface area is 364 Å². The molecule has 0 aliphatic carbocycles. The fraction of sp³-hybridized carbons (Fsp3) is 0.532. The van der Waals surface area contributed by atoms with Crippen molar-refractivity contribution >= 4 is 11.8 Å². The molecule has 15 nitrogen and oxygen atoms in total. The van der Waals surface area contributed by atoms with Crippen molar-refractivity contribution in [3.05, 3.63) is 96.9 Å². The Balaban J connectivity index is 1.32. The second-order valence-electron chi connectivity index (χ2n) is 17.2. The lowest BCUT2D eigenvalue weighted by Crippen LogP contribution is -2.63. The molecule has 15 heteroatoms. The van der Waals surface area contributed by atoms with Gasteiger partial charge in [-0.05, 0) is 59.2 Å². The second kappa shape index (κ2) is 21.5. The number of aryl methyl sites for hydroxylation is 1. The lowest BCUT2D eigenvalue weighted by Gasteiger charge is -2.46. The molecule has 4 aromatic rings. The van der Waals surface area contributed by atoms with Gasteiger partial charge in [-0.25, -0.2) is 0 Å². The van der Waals surface area contributed by atoms with Crippen LogP contribution in [0.5, 0.6) is 0 Å². The fourth-order valence-electron chi connectivity index (χ4n) is 8.65. The number of allylic oxidation sites excluding steroid dienone is 3. The lowest BCUT2D eigenvalue weighted by molar-refractivity contribution is -0.304. The van der Waals surface area contributed by atoms with Crippen molar-refractivity contribution in [3.8, 4) is 22.5 Å². The Kier molecular flexibility index (Phi) is 16.1. The van der Waals surface area contributed by atoms with Gasteiger partial charge in [0, 0.05) is 35.4 Å². The molecular formula is C47H63N7O8. The SMILES string of the molecule is CC[C@H]1OC(=O)C[C@@H](O)[C@H](C)[C@@H](O[C@@H]2O[C@H](C)[C@@H](O)C(N(C)C)C2O)[C@@H](CCn2cc(-c3ccccc3)nn2)C[C@@H](C)C(=O)/C=C/C(C)=C/[C@@H]1Cn1cc(-c2ccccc2)nn1. The molecule has 0 amide bonds. The van der Waals surface area contributed by atoms with Gasteiger partial charge in [0.2, 0.25) is 0 Å². The Morgan fingerprint density at radius 1 is 0.855 bits per heavy atom. The average molecular weight is 854 g/mol. The third-order valence-electron chi connectivity index (χ3n) is 12.3. The predicted molar refractivity (Wildman–Crippen MR) is 233 cm³/mol. The van der Waals surface area contributed by atoms with Crippen LogP contribution in [0, 0.1) is 23.7 Å². The summed E-state index contributed by atoms with van der Waals surface area (Å²) in [7, 11) is 3.53. The van der Waals surface area contributed by atoms with Gasteiger partial charge in [0.05, 0.1) is 55.8 Å². The van der Waals surface area contributed by atoms with Crippen molar-refractivity contribution in [2.45, 2.75) is 122 Å². The maximum atomic E-state index is 14.0. The molecule has 1 fully saturated rings. The summed E-state index contributed by atoms with van der Waals surface area (Å²) in [5, 5.41) is 52.1. The van der Waals surface area contributed by atoms with E-state index in [2.05, 4.69) is 20.6 Å². The van der Waals surface area contributed by atoms with Crippen molar-refractivity contribution in [1.82, 2.24) is 34.9 Å². The number of benzene rings is 2. The Morgan fingerprint density at radius 3 is 2.08 bits per heavy atom. The highest BCUT2D eigenvalue weighted by atomic mass is 16.7. The molecule has 334 valence electrons. The Morgan fingerprint density at radius 2 is 1.47 bits per heavy atom. The summed E-state index contributed by atoms with van der Waals surface area (Å²) in [6.45, 7) is 9.98. The molecule has 62 heavy (non-hydrogen) atoms. The van der Waals surface area contributed by atoms with Crippen molar-refractivity contribution in [2.24, 2.45) is 23.7 Å². The molecule has 0 spiro atoms. The molecule has 12 atom stereocenters. The quantitative estimate of drug-likeness (QED) is 0.169. The van der Waals surface area contributed by atoms with Gasteiger partial charge in [0.1, 0.15) is 23.6 Å². The van der Waals surface area contributed by atoms with Gasteiger partial charge in [-0.1, -0.05) is 110 Å². The standard InChI is InChI=1S/C47H63N7O8/c1-8-41-36(26-54-28-38(49-51-54)34-17-13-10-14-18-34)23-29(2)19-20-39(55)30(3)24-35(21-22-53-27-37(48-50-53)33-15-11-9-12-16-33)46(31(4)40(56)25-42(57)61-41)62-47-45(59)43(52(6)7)44(58)32(5)60-47/h9-20,23,27-28,30-32,35-36,40-41,43-47,56,58-59H,8,21-22,24-26H2,1-7H3/b20-19+,29-23+/t30-,31+,32-,35+,36-,40-,41-,43?,44-,45?,46-,47+/m1/s1. The van der Waals surface area contributed by atoms with E-state index in [1.165, 1.54) is 0 Å². The van der Waals surface area contributed by atoms with Gasteiger partial charge in [-0.3, -0.25) is 19.0 Å². The highest BCUT2D eigenvalue weighted by Gasteiger charge is 2.47. The number of ether oxygens (including phenoxy) is 3. The summed E-state index contributed by atoms with van der Waals surface area (Å²) < 4.78 is 22.6. The largest absolute Gasteiger partial charge is 0.462 e. The van der Waals surface area contributed by atoms with Crippen LogP contribution in [0.25, 0.3) is 22.5 Å². The number of aromatic nitrogens is 6. The van der Waals surface area contributed by atoms with Crippen LogP contribution in [-0.4, -0.2) is 125 Å². The minimum atomic E-state index is -1.26. The maximum absolute atomic E-state index is 14.0. The summed E-state index contributed by atoms with van der Waals surface area (Å²) in [5.41, 5.74) is 4.08. The van der Waals surface area contributed by atoms with Crippen LogP contribution in [-0.2, 0) is 36.9 Å². The van der Waals surface area contributed by atoms with Gasteiger partial charge in [0.25, 0.3) is 0 Å². The van der Waals surface area contributed by atoms with Crippen LogP contribution in [0.2, 0.25) is 0 Å². The summed E-state index contributed by atoms with van der Waals surface area (Å²) in [4.78, 5) is 29.6. The molecule has 0 radical (unpaired) electrons. The highest BCUT2D eigenvalue weighted by molar-refractivity contribution is 5.91. The van der Waals surface area contributed by atoms with E-state index >= 15 is 0 Å². The molecule has 2 aromatic heterocycles. The summed E-state index contributed by atoms with van der Waals surface area (Å²) in [6, 6.07) is 18.8. The first kappa shape index (κ1) is 46.6. The Bertz CT molecular complexity index is 2110. The Hall–Kier alpha value is -4.90. The van der Waals surface area contributed by atoms with Crippen LogP contribution in [0.3, 0.4) is 0 Å². The number of aliphatic hydroxyl groups is 3. The summed E-state index contributed by atoms with van der Waals surface area (Å²) in [5.74, 6) is -2.62. The minimum Gasteiger partial charge on any atom is -0.462 e. The van der Waals surface area contributed by atoms with Crippen molar-refractivity contribution < 1.29 is 39.1 Å². The number of carbonyl (C=O) groups is 2. The van der Waals surface area contributed by atoms with Crippen LogP contribution >= 0.6 is 0 Å². The molecule has 2 aliphatic rings. The van der Waals surface area contributed by atoms with Gasteiger partial charge >= 0.3 is 5.97 Å². The van der Waals surface area contributed by atoms with Crippen molar-refractivity contribution in [3.63, 3.8) is 0 Å². The highest BCUT2D eigenvalue weighted by Crippen LogP contribution is 2.35. The first-order valence-electron chi connectivity index (χ1n) is 21.7. The van der Waals surface area contributed by atoms with Crippen LogP contribution in [0.1, 0.15) is 60.3 Å². The topological polar surface area (TPSA) is 187 Å². The van der Waals surface area contributed by atoms with Crippen molar-refractivity contribution in [1.29, 1.82) is 0 Å². The van der Waals surface area contributed by atoms with E-state index in [1.807, 2.05) is 99.9 Å². The molecule has 2 unspecified atom stereocenters. The molecule has 0 bridgehead atoms. The maximum Gasteiger partial charge on any atom is 0.308 e. The van der Waals surface area contributed by atoms with E-state index in [0.29, 0.717) is 43.7 Å². The van der Waals surface area contributed by atoms with Gasteiger partial charge < -0.3 is 34.4 Å². The molecule has 6 rings (SSSR count). The third-order valence-corrected chi connectivity index (χ3v) is 12.3. The second-order valence-corrected chi connectivity index (χ2v) is 17.2. The molecular weight excluding hydrogens is 791 g/mol. The monoisotopic (exact) mass is 853 g/mol. The zero-order valence-corrected chi connectivity index (χ0v) is 36.8. The van der Waals surface area contributed by atoms with Gasteiger partial charge in [-0.15, -0.1) is 10.2 Å². The number of hydrogen-bond donors (Lipinski definition) is 3. The van der Waals surface area contributed by atoms with E-state index in [0.717, 1.165) is 16.7 Å². The molecule has 2 aliphatic heterocycles. The first-order valence-corrected chi connectivity index (χ1v) is 21.7. The smallest absolute Gasteiger partial charge is 0.308 e. The number of ketones is 1. The average Bonchev–Trinajstić information content (AvgIpc) is 3.94. The zero-order chi connectivity index (χ0) is 44.5. The van der Waals surface area contributed by atoms with Crippen LogP contribution in [0.4, 0.5) is 0 Å². The number of cyclic esters (lactones) is 1. The normalized spacial score (nSPS) is 32.0. The summed E-state index contributed by atoms with van der Waals surface area (Å²) in [6.07, 6.45) is 3.20. The van der Waals surface area contributed by atoms with Gasteiger partial charge in [-0.2, -0.15) is 0 Å². The van der Waals surface area contributed by atoms with E-state index < -0.39 is 72.7 Å². The minimum absolute atomic E-state index is 0.0916. The number of nitrogens with zero attached hydrogens (tertiary/aromatic N) is 7. The molecule has 1 saturated heterocycles. The third kappa shape index (κ3) is 11.8. The number of likely N-dealkylation sites (N-methyl/N-ethyl adjacent to an activating group) is 1. The molecule has 0 saturated carbocycles. The number of carbonyl (C=O) groups excluding carboxylic acids is 2. The van der Waals surface area contributed by atoms with Crippen LogP contribution < -0.4 is 0 Å². The van der Waals surface area contributed by atoms with Gasteiger partial charge in [0.15, 0.2) is 12.1 Å². The number of hydrogen-bond acceptors (Lipinski definition) is 13. The summed E-state index contributed by atoms with van der Waals surface area (Å²) >= 11 is 0. The molecule has 3 N–H and O–H groups in total. The first-order chi connectivity index (χ1) is 29.7. The predicted octanol–water partition coefficient (Wildman–Crippen LogP) is 5.13. The number of esters is 1. The zero-order valence-electron chi connectivity index (χ0n) is 36.8.